The van der Waals surface area contributed by atoms with Crippen LogP contribution in [0.2, 0.25) is 0 Å². The SMILES string of the molecule is CCCCCCCCCC(O)CC(=O)NC(CC(C)C)C(=O)NC(CCC(=O)O)C(=O)NC1C(=O)NC(C(C)C)C(=O)NC(CC(C)C)C(=O)NC(CO)C(=O)NC(CC(C)C)C(=O)NC(CC(C)C)C(=O)NC(CO)C(=O)NC(C(C)C)C(=O)OC1C. The topological polar surface area (TPSA) is 415 Å². The van der Waals surface area contributed by atoms with Crippen LogP contribution in [0.3, 0.4) is 0 Å². The van der Waals surface area contributed by atoms with Crippen molar-refractivity contribution in [3.8, 4) is 0 Å². The van der Waals surface area contributed by atoms with Crippen LogP contribution in [0.1, 0.15) is 193 Å². The molecular weight excluding hydrogens is 1140 g/mol. The lowest BCUT2D eigenvalue weighted by Crippen LogP contribution is -2.63. The van der Waals surface area contributed by atoms with Gasteiger partial charge in [-0.2, -0.15) is 0 Å². The number of hydrogen-bond acceptors (Lipinski definition) is 16. The van der Waals surface area contributed by atoms with Crippen molar-refractivity contribution < 1.29 is 82.7 Å². The van der Waals surface area contributed by atoms with E-state index in [0.717, 1.165) is 38.5 Å². The quantitative estimate of drug-likeness (QED) is 0.0353. The van der Waals surface area contributed by atoms with E-state index in [4.69, 9.17) is 4.74 Å². The fourth-order valence-electron chi connectivity index (χ4n) is 9.77. The number of aliphatic hydroxyl groups is 3. The van der Waals surface area contributed by atoms with Crippen molar-refractivity contribution in [2.24, 2.45) is 35.5 Å². The Morgan fingerprint density at radius 2 is 0.920 bits per heavy atom. The van der Waals surface area contributed by atoms with Gasteiger partial charge in [-0.3, -0.25) is 52.7 Å². The first-order valence-electron chi connectivity index (χ1n) is 31.5. The summed E-state index contributed by atoms with van der Waals surface area (Å²) < 4.78 is 5.82. The van der Waals surface area contributed by atoms with Crippen LogP contribution in [0.4, 0.5) is 0 Å². The molecule has 27 heteroatoms. The van der Waals surface area contributed by atoms with Crippen LogP contribution in [0.15, 0.2) is 0 Å². The van der Waals surface area contributed by atoms with Crippen LogP contribution in [0, 0.1) is 35.5 Å². The molecule has 14 N–H and O–H groups in total. The highest BCUT2D eigenvalue weighted by Gasteiger charge is 2.41. The number of rotatable bonds is 30. The minimum Gasteiger partial charge on any atom is -0.481 e. The summed E-state index contributed by atoms with van der Waals surface area (Å²) in [5, 5.41) is 66.6. The van der Waals surface area contributed by atoms with Crippen molar-refractivity contribution in [2.45, 2.75) is 266 Å². The first kappa shape index (κ1) is 79.5. The number of carboxylic acid groups (broad SMARTS) is 1. The predicted octanol–water partition coefficient (Wildman–Crippen LogP) is 1.02. The van der Waals surface area contributed by atoms with E-state index in [-0.39, 0.29) is 55.8 Å². The summed E-state index contributed by atoms with van der Waals surface area (Å²) in [5.41, 5.74) is 0. The van der Waals surface area contributed by atoms with E-state index in [1.54, 1.807) is 55.4 Å². The van der Waals surface area contributed by atoms with Crippen molar-refractivity contribution in [3.63, 3.8) is 0 Å². The predicted molar refractivity (Wildman–Crippen MR) is 327 cm³/mol. The second-order valence-corrected chi connectivity index (χ2v) is 25.7. The standard InChI is InChI=1S/C61H108N10O17/c1-15-16-17-18-19-20-21-22-39(74)29-47(75)62-41(25-32(2)3)53(79)63-40(23-24-48(76)77)52(78)71-51-38(14)88-61(87)50(37(12)13)70-58(84)46(31-73)68-55(81)43(27-34(6)7)64-54(80)42(26-33(4)5)65-57(83)45(30-72)67-56(82)44(28-35(8)9)66-59(85)49(36(10)11)69-60(51)86/h32-46,49-51,72-74H,15-31H2,1-14H3,(H,62,75)(H,63,79)(H,64,80)(H,65,83)(H,66,85)(H,67,82)(H,68,81)(H,69,86)(H,70,84)(H,71,78)(H,76,77). The number of esters is 1. The van der Waals surface area contributed by atoms with Crippen molar-refractivity contribution in [2.75, 3.05) is 13.2 Å². The number of carboxylic acids is 1. The van der Waals surface area contributed by atoms with Crippen molar-refractivity contribution in [1.82, 2.24) is 53.2 Å². The Morgan fingerprint density at radius 1 is 0.500 bits per heavy atom. The van der Waals surface area contributed by atoms with Gasteiger partial charge in [0.1, 0.15) is 66.5 Å². The summed E-state index contributed by atoms with van der Waals surface area (Å²) in [7, 11) is 0. The molecule has 1 fully saturated rings. The molecule has 1 rings (SSSR count). The van der Waals surface area contributed by atoms with Crippen LogP contribution in [0.5, 0.6) is 0 Å². The molecule has 12 unspecified atom stereocenters. The summed E-state index contributed by atoms with van der Waals surface area (Å²) in [5.74, 6) is -14.8. The molecule has 27 nitrogen and oxygen atoms in total. The zero-order chi connectivity index (χ0) is 67.1. The lowest BCUT2D eigenvalue weighted by atomic mass is 9.98. The van der Waals surface area contributed by atoms with Gasteiger partial charge in [0, 0.05) is 6.42 Å². The minimum atomic E-state index is -1.99. The van der Waals surface area contributed by atoms with Gasteiger partial charge in [-0.25, -0.2) is 4.79 Å². The molecule has 0 radical (unpaired) electrons. The highest BCUT2D eigenvalue weighted by Crippen LogP contribution is 2.17. The highest BCUT2D eigenvalue weighted by molar-refractivity contribution is 5.99. The Labute approximate surface area is 519 Å². The molecule has 504 valence electrons. The van der Waals surface area contributed by atoms with Gasteiger partial charge in [-0.05, 0) is 81.0 Å². The highest BCUT2D eigenvalue weighted by atomic mass is 16.5. The van der Waals surface area contributed by atoms with E-state index in [0.29, 0.717) is 12.8 Å². The Morgan fingerprint density at radius 3 is 1.35 bits per heavy atom. The third kappa shape index (κ3) is 30.1. The molecule has 0 aromatic rings. The van der Waals surface area contributed by atoms with Gasteiger partial charge in [0.15, 0.2) is 0 Å². The van der Waals surface area contributed by atoms with Crippen molar-refractivity contribution in [1.29, 1.82) is 0 Å². The maximum absolute atomic E-state index is 14.8. The molecule has 1 saturated heterocycles. The zero-order valence-electron chi connectivity index (χ0n) is 54.5. The molecule has 88 heavy (non-hydrogen) atoms. The van der Waals surface area contributed by atoms with E-state index in [1.807, 2.05) is 0 Å². The molecule has 0 saturated carbocycles. The third-order valence-electron chi connectivity index (χ3n) is 14.7. The normalized spacial score (nSPS) is 23.7. The number of ether oxygens (including phenoxy) is 1. The second kappa shape index (κ2) is 40.9. The van der Waals surface area contributed by atoms with Gasteiger partial charge >= 0.3 is 11.9 Å². The number of aliphatic hydroxyl groups excluding tert-OH is 3. The number of nitrogens with one attached hydrogen (secondary N) is 10. The largest absolute Gasteiger partial charge is 0.481 e. The van der Waals surface area contributed by atoms with E-state index in [1.165, 1.54) is 34.6 Å². The molecule has 1 heterocycles. The van der Waals surface area contributed by atoms with Crippen LogP contribution >= 0.6 is 0 Å². The Bertz CT molecular complexity index is 2280. The molecule has 0 spiro atoms. The van der Waals surface area contributed by atoms with Gasteiger partial charge in [0.2, 0.25) is 59.1 Å². The molecule has 12 atom stereocenters. The number of amides is 10. The molecule has 1 aliphatic rings. The third-order valence-corrected chi connectivity index (χ3v) is 14.7. The average molecular weight is 1250 g/mol. The smallest absolute Gasteiger partial charge is 0.329 e. The van der Waals surface area contributed by atoms with Crippen molar-refractivity contribution in [3.05, 3.63) is 0 Å². The number of carbonyl (C=O) groups is 12. The van der Waals surface area contributed by atoms with E-state index in [2.05, 4.69) is 60.1 Å². The Kier molecular flexibility index (Phi) is 37.0. The van der Waals surface area contributed by atoms with Gasteiger partial charge in [-0.15, -0.1) is 0 Å². The molecule has 0 aliphatic carbocycles. The molecule has 1 aliphatic heterocycles. The van der Waals surface area contributed by atoms with E-state index < -0.39 is 182 Å². The lowest BCUT2D eigenvalue weighted by Gasteiger charge is -2.32. The van der Waals surface area contributed by atoms with Gasteiger partial charge in [0.25, 0.3) is 0 Å². The minimum absolute atomic E-state index is 0.00541. The first-order chi connectivity index (χ1) is 41.1. The van der Waals surface area contributed by atoms with Crippen LogP contribution in [-0.2, 0) is 62.3 Å². The number of unbranched alkanes of at least 4 members (excludes halogenated alkanes) is 6. The molecule has 0 bridgehead atoms. The maximum Gasteiger partial charge on any atom is 0.329 e. The Hall–Kier alpha value is -6.48. The summed E-state index contributed by atoms with van der Waals surface area (Å²) in [6.07, 6.45) is 3.03. The van der Waals surface area contributed by atoms with Gasteiger partial charge in [-0.1, -0.05) is 135 Å². The lowest BCUT2D eigenvalue weighted by molar-refractivity contribution is -0.157. The van der Waals surface area contributed by atoms with E-state index >= 15 is 0 Å². The fourth-order valence-corrected chi connectivity index (χ4v) is 9.77. The summed E-state index contributed by atoms with van der Waals surface area (Å²) in [6, 6.07) is -15.7. The molecule has 0 aromatic carbocycles. The summed E-state index contributed by atoms with van der Waals surface area (Å²) in [4.78, 5) is 168. The van der Waals surface area contributed by atoms with E-state index in [9.17, 15) is 78.0 Å². The van der Waals surface area contributed by atoms with Crippen LogP contribution in [-0.4, -0.2) is 177 Å². The monoisotopic (exact) mass is 1250 g/mol. The first-order valence-corrected chi connectivity index (χ1v) is 31.5. The summed E-state index contributed by atoms with van der Waals surface area (Å²) >= 11 is 0. The van der Waals surface area contributed by atoms with Crippen LogP contribution < -0.4 is 53.2 Å². The zero-order valence-corrected chi connectivity index (χ0v) is 54.5. The van der Waals surface area contributed by atoms with Crippen molar-refractivity contribution >= 4 is 71.0 Å². The fraction of sp³-hybridized carbons (Fsp3) is 0.803. The van der Waals surface area contributed by atoms with Gasteiger partial charge < -0.3 is 78.3 Å². The van der Waals surface area contributed by atoms with Crippen LogP contribution in [0.25, 0.3) is 0 Å². The molecule has 0 aromatic heterocycles. The summed E-state index contributed by atoms with van der Waals surface area (Å²) in [6.45, 7) is 21.4. The number of cyclic esters (lactones) is 1. The maximum atomic E-state index is 14.8. The molecule has 10 amide bonds. The number of hydrogen-bond donors (Lipinski definition) is 14. The number of aliphatic carboxylic acids is 1. The Balaban J connectivity index is 4.03. The second-order valence-electron chi connectivity index (χ2n) is 25.7. The number of carbonyl (C=O) groups excluding carboxylic acids is 11. The molecular formula is C61H108N10O17. The van der Waals surface area contributed by atoms with Gasteiger partial charge in [0.05, 0.1) is 25.7 Å². The average Bonchev–Trinajstić information content (AvgIpc) is 3.44.